The van der Waals surface area contributed by atoms with Crippen LogP contribution in [-0.4, -0.2) is 15.2 Å². The van der Waals surface area contributed by atoms with Gasteiger partial charge in [0.1, 0.15) is 6.10 Å². The molecule has 2 aromatic rings. The zero-order valence-corrected chi connectivity index (χ0v) is 9.02. The van der Waals surface area contributed by atoms with E-state index < -0.39 is 17.7 Å². The van der Waals surface area contributed by atoms with E-state index in [-0.39, 0.29) is 23.7 Å². The number of nitrogens with zero attached hydrogens (tertiary/aromatic N) is 2. The Bertz CT molecular complexity index is 526. The number of hydrogen-bond donors (Lipinski definition) is 1. The van der Waals surface area contributed by atoms with Crippen molar-refractivity contribution in [3.63, 3.8) is 0 Å². The van der Waals surface area contributed by atoms with Crippen molar-refractivity contribution in [2.45, 2.75) is 19.4 Å². The van der Waals surface area contributed by atoms with Gasteiger partial charge in [0.05, 0.1) is 6.42 Å². The van der Waals surface area contributed by atoms with Crippen LogP contribution in [0.25, 0.3) is 0 Å². The van der Waals surface area contributed by atoms with Gasteiger partial charge in [0.2, 0.25) is 5.89 Å². The molecule has 6 heteroatoms. The Hall–Kier alpha value is -1.82. The van der Waals surface area contributed by atoms with Gasteiger partial charge >= 0.3 is 0 Å². The highest BCUT2D eigenvalue weighted by atomic mass is 19.2. The normalized spacial score (nSPS) is 12.7. The molecule has 2 rings (SSSR count). The van der Waals surface area contributed by atoms with E-state index in [9.17, 15) is 13.9 Å². The molecule has 0 aliphatic rings. The lowest BCUT2D eigenvalue weighted by Crippen LogP contribution is -1.97. The van der Waals surface area contributed by atoms with Gasteiger partial charge in [0.15, 0.2) is 17.5 Å². The molecule has 4 nitrogen and oxygen atoms in total. The Labute approximate surface area is 95.9 Å². The maximum absolute atomic E-state index is 13.3. The minimum atomic E-state index is -0.927. The van der Waals surface area contributed by atoms with E-state index in [2.05, 4.69) is 10.1 Å². The monoisotopic (exact) mass is 240 g/mol. The zero-order chi connectivity index (χ0) is 12.4. The van der Waals surface area contributed by atoms with Crippen LogP contribution in [0.3, 0.4) is 0 Å². The molecule has 17 heavy (non-hydrogen) atoms. The topological polar surface area (TPSA) is 59.2 Å². The first-order chi connectivity index (χ1) is 8.08. The van der Waals surface area contributed by atoms with Gasteiger partial charge in [-0.15, -0.1) is 0 Å². The van der Waals surface area contributed by atoms with Crippen LogP contribution in [0.15, 0.2) is 22.7 Å². The summed E-state index contributed by atoms with van der Waals surface area (Å²) in [5.41, 5.74) is 0.130. The molecule has 0 aliphatic carbocycles. The molecule has 1 atom stereocenters. The number of halogens is 2. The molecule has 1 unspecified atom stereocenters. The van der Waals surface area contributed by atoms with E-state index >= 15 is 0 Å². The second kappa shape index (κ2) is 4.58. The van der Waals surface area contributed by atoms with Crippen molar-refractivity contribution < 1.29 is 18.4 Å². The average molecular weight is 240 g/mol. The number of benzene rings is 1. The van der Waals surface area contributed by atoms with Crippen molar-refractivity contribution in [3.05, 3.63) is 47.1 Å². The molecule has 1 heterocycles. The SMILES string of the molecule is CC(O)c1noc(Cc2cccc(F)c2F)n1. The quantitative estimate of drug-likeness (QED) is 0.891. The summed E-state index contributed by atoms with van der Waals surface area (Å²) in [7, 11) is 0. The van der Waals surface area contributed by atoms with E-state index in [1.54, 1.807) is 0 Å². The molecule has 0 saturated carbocycles. The van der Waals surface area contributed by atoms with Gasteiger partial charge < -0.3 is 9.63 Å². The first-order valence-electron chi connectivity index (χ1n) is 5.01. The standard InChI is InChI=1S/C11H10F2N2O2/c1-6(16)11-14-9(17-15-11)5-7-3-2-4-8(12)10(7)13/h2-4,6,16H,5H2,1H3. The summed E-state index contributed by atoms with van der Waals surface area (Å²) in [5, 5.41) is 12.7. The van der Waals surface area contributed by atoms with Crippen LogP contribution in [0.2, 0.25) is 0 Å². The largest absolute Gasteiger partial charge is 0.385 e. The van der Waals surface area contributed by atoms with Gasteiger partial charge in [0.25, 0.3) is 0 Å². The molecule has 90 valence electrons. The lowest BCUT2D eigenvalue weighted by Gasteiger charge is -1.99. The number of rotatable bonds is 3. The fourth-order valence-electron chi connectivity index (χ4n) is 1.36. The fraction of sp³-hybridized carbons (Fsp3) is 0.273. The molecule has 0 aliphatic heterocycles. The number of aliphatic hydroxyl groups excluding tert-OH is 1. The Morgan fingerprint density at radius 3 is 2.82 bits per heavy atom. The Morgan fingerprint density at radius 2 is 2.18 bits per heavy atom. The van der Waals surface area contributed by atoms with Crippen LogP contribution in [0.5, 0.6) is 0 Å². The zero-order valence-electron chi connectivity index (χ0n) is 9.02. The highest BCUT2D eigenvalue weighted by Crippen LogP contribution is 2.16. The highest BCUT2D eigenvalue weighted by molar-refractivity contribution is 5.21. The Kier molecular flexibility index (Phi) is 3.14. The molecule has 1 aromatic carbocycles. The minimum Gasteiger partial charge on any atom is -0.385 e. The predicted octanol–water partition coefficient (Wildman–Crippen LogP) is 1.99. The lowest BCUT2D eigenvalue weighted by molar-refractivity contribution is 0.184. The van der Waals surface area contributed by atoms with Crippen LogP contribution in [0.4, 0.5) is 8.78 Å². The van der Waals surface area contributed by atoms with Gasteiger partial charge in [-0.25, -0.2) is 8.78 Å². The summed E-state index contributed by atoms with van der Waals surface area (Å²) in [6.07, 6.45) is -0.867. The van der Waals surface area contributed by atoms with Gasteiger partial charge in [-0.05, 0) is 13.0 Å². The molecular weight excluding hydrogens is 230 g/mol. The van der Waals surface area contributed by atoms with Gasteiger partial charge in [-0.3, -0.25) is 0 Å². The lowest BCUT2D eigenvalue weighted by atomic mass is 10.1. The summed E-state index contributed by atoms with van der Waals surface area (Å²) in [6, 6.07) is 3.87. The summed E-state index contributed by atoms with van der Waals surface area (Å²) < 4.78 is 31.1. The maximum Gasteiger partial charge on any atom is 0.231 e. The minimum absolute atomic E-state index is 0.0106. The summed E-state index contributed by atoms with van der Waals surface area (Å²) in [6.45, 7) is 1.48. The van der Waals surface area contributed by atoms with Crippen molar-refractivity contribution >= 4 is 0 Å². The van der Waals surface area contributed by atoms with Gasteiger partial charge in [-0.2, -0.15) is 4.98 Å². The van der Waals surface area contributed by atoms with Crippen molar-refractivity contribution in [2.24, 2.45) is 0 Å². The van der Waals surface area contributed by atoms with E-state index in [0.717, 1.165) is 6.07 Å². The van der Waals surface area contributed by atoms with Crippen LogP contribution < -0.4 is 0 Å². The van der Waals surface area contributed by atoms with Gasteiger partial charge in [-0.1, -0.05) is 17.3 Å². The first-order valence-corrected chi connectivity index (χ1v) is 5.01. The van der Waals surface area contributed by atoms with E-state index in [1.165, 1.54) is 19.1 Å². The molecular formula is C11H10F2N2O2. The summed E-state index contributed by atoms with van der Waals surface area (Å²) in [4.78, 5) is 3.86. The van der Waals surface area contributed by atoms with E-state index in [1.807, 2.05) is 0 Å². The Morgan fingerprint density at radius 1 is 1.41 bits per heavy atom. The van der Waals surface area contributed by atoms with Crippen molar-refractivity contribution in [2.75, 3.05) is 0 Å². The van der Waals surface area contributed by atoms with Crippen LogP contribution in [0.1, 0.15) is 30.3 Å². The first kappa shape index (κ1) is 11.7. The summed E-state index contributed by atoms with van der Waals surface area (Å²) in [5.74, 6) is -1.59. The van der Waals surface area contributed by atoms with Crippen LogP contribution >= 0.6 is 0 Å². The molecule has 0 spiro atoms. The van der Waals surface area contributed by atoms with E-state index in [0.29, 0.717) is 0 Å². The van der Waals surface area contributed by atoms with Gasteiger partial charge in [0, 0.05) is 5.56 Å². The fourth-order valence-corrected chi connectivity index (χ4v) is 1.36. The Balaban J connectivity index is 2.22. The summed E-state index contributed by atoms with van der Waals surface area (Å²) >= 11 is 0. The molecule has 0 fully saturated rings. The van der Waals surface area contributed by atoms with Crippen LogP contribution in [-0.2, 0) is 6.42 Å². The maximum atomic E-state index is 13.3. The number of aliphatic hydroxyl groups is 1. The molecule has 1 aromatic heterocycles. The van der Waals surface area contributed by atoms with Crippen molar-refractivity contribution in [1.29, 1.82) is 0 Å². The molecule has 1 N–H and O–H groups in total. The third-order valence-electron chi connectivity index (χ3n) is 2.23. The average Bonchev–Trinajstić information content (AvgIpc) is 2.73. The molecule has 0 bridgehead atoms. The molecule has 0 amide bonds. The number of hydrogen-bond acceptors (Lipinski definition) is 4. The second-order valence-corrected chi connectivity index (χ2v) is 3.61. The van der Waals surface area contributed by atoms with E-state index in [4.69, 9.17) is 4.52 Å². The third kappa shape index (κ3) is 2.47. The van der Waals surface area contributed by atoms with Crippen molar-refractivity contribution in [3.8, 4) is 0 Å². The smallest absolute Gasteiger partial charge is 0.231 e. The highest BCUT2D eigenvalue weighted by Gasteiger charge is 2.14. The van der Waals surface area contributed by atoms with Crippen molar-refractivity contribution in [1.82, 2.24) is 10.1 Å². The van der Waals surface area contributed by atoms with Crippen LogP contribution in [0, 0.1) is 11.6 Å². The molecule has 0 radical (unpaired) electrons. The molecule has 0 saturated heterocycles. The predicted molar refractivity (Wildman–Crippen MR) is 54.1 cm³/mol. The second-order valence-electron chi connectivity index (χ2n) is 3.61. The third-order valence-corrected chi connectivity index (χ3v) is 2.23. The number of aromatic nitrogens is 2.